The van der Waals surface area contributed by atoms with Gasteiger partial charge in [0.15, 0.2) is 0 Å². The van der Waals surface area contributed by atoms with E-state index >= 15 is 0 Å². The van der Waals surface area contributed by atoms with Gasteiger partial charge in [-0.1, -0.05) is 30.2 Å². The number of hydrogen-bond acceptors (Lipinski definition) is 5. The number of alkyl halides is 2. The van der Waals surface area contributed by atoms with E-state index in [0.29, 0.717) is 11.1 Å². The molecule has 0 saturated carbocycles. The second-order valence-corrected chi connectivity index (χ2v) is 8.68. The number of rotatable bonds is 9. The Morgan fingerprint density at radius 1 is 1.19 bits per heavy atom. The molecule has 0 atom stereocenters. The monoisotopic (exact) mass is 531 g/mol. The number of hydrogen-bond donors (Lipinski definition) is 2. The Balaban J connectivity index is 1.94. The summed E-state index contributed by atoms with van der Waals surface area (Å²) in [5, 5.41) is 11.8. The van der Waals surface area contributed by atoms with Crippen LogP contribution in [-0.4, -0.2) is 45.9 Å². The van der Waals surface area contributed by atoms with E-state index in [2.05, 4.69) is 26.9 Å². The van der Waals surface area contributed by atoms with Crippen LogP contribution < -0.4 is 10.1 Å². The van der Waals surface area contributed by atoms with E-state index in [1.54, 1.807) is 38.1 Å². The molecule has 37 heavy (non-hydrogen) atoms. The summed E-state index contributed by atoms with van der Waals surface area (Å²) in [4.78, 5) is 28.6. The summed E-state index contributed by atoms with van der Waals surface area (Å²) in [5.41, 5.74) is 0.668. The Morgan fingerprint density at radius 3 is 2.51 bits per heavy atom. The van der Waals surface area contributed by atoms with Crippen LogP contribution in [0.3, 0.4) is 0 Å². The lowest BCUT2D eigenvalue weighted by Gasteiger charge is -2.14. The number of benzene rings is 2. The molecule has 0 fully saturated rings. The van der Waals surface area contributed by atoms with Crippen LogP contribution in [0.2, 0.25) is 5.28 Å². The van der Waals surface area contributed by atoms with Gasteiger partial charge in [-0.15, -0.1) is 0 Å². The molecule has 0 spiro atoms. The fourth-order valence-electron chi connectivity index (χ4n) is 3.18. The van der Waals surface area contributed by atoms with Crippen molar-refractivity contribution in [1.29, 1.82) is 0 Å². The van der Waals surface area contributed by atoms with Crippen molar-refractivity contribution >= 4 is 23.5 Å². The predicted molar refractivity (Wildman–Crippen MR) is 132 cm³/mol. The maximum absolute atomic E-state index is 13.3. The van der Waals surface area contributed by atoms with Gasteiger partial charge >= 0.3 is 12.6 Å². The van der Waals surface area contributed by atoms with Gasteiger partial charge < -0.3 is 24.5 Å². The molecule has 1 heterocycles. The van der Waals surface area contributed by atoms with E-state index in [-0.39, 0.29) is 41.1 Å². The highest BCUT2D eigenvalue weighted by molar-refractivity contribution is 6.29. The molecule has 3 aromatic rings. The molecule has 1 amide bonds. The first-order valence-electron chi connectivity index (χ1n) is 11.0. The number of aromatic nitrogens is 2. The number of ether oxygens (including phenoxy) is 2. The lowest BCUT2D eigenvalue weighted by atomic mass is 10.1. The summed E-state index contributed by atoms with van der Waals surface area (Å²) < 4.78 is 36.5. The zero-order valence-corrected chi connectivity index (χ0v) is 21.0. The number of nitrogens with one attached hydrogen (secondary N) is 1. The summed E-state index contributed by atoms with van der Waals surface area (Å²) in [6.07, 6.45) is 0. The topological polar surface area (TPSA) is 103 Å². The minimum absolute atomic E-state index is 0.0255. The molecular formula is C26H24ClF2N3O5. The van der Waals surface area contributed by atoms with Gasteiger partial charge in [0.2, 0.25) is 5.28 Å². The Kier molecular flexibility index (Phi) is 8.86. The highest BCUT2D eigenvalue weighted by Crippen LogP contribution is 2.22. The van der Waals surface area contributed by atoms with Crippen LogP contribution >= 0.6 is 11.6 Å². The Morgan fingerprint density at radius 2 is 1.89 bits per heavy atom. The third-order valence-electron chi connectivity index (χ3n) is 5.25. The van der Waals surface area contributed by atoms with Gasteiger partial charge in [-0.3, -0.25) is 4.79 Å². The number of aromatic carboxylic acids is 1. The Bertz CT molecular complexity index is 1340. The number of carbonyl (C=O) groups is 2. The van der Waals surface area contributed by atoms with Gasteiger partial charge in [0.05, 0.1) is 12.1 Å². The van der Waals surface area contributed by atoms with Crippen LogP contribution in [0.4, 0.5) is 8.78 Å². The third kappa shape index (κ3) is 7.52. The van der Waals surface area contributed by atoms with Crippen molar-refractivity contribution in [2.45, 2.75) is 39.1 Å². The van der Waals surface area contributed by atoms with Crippen molar-refractivity contribution in [1.82, 2.24) is 14.9 Å². The van der Waals surface area contributed by atoms with E-state index in [4.69, 9.17) is 21.4 Å². The van der Waals surface area contributed by atoms with Crippen molar-refractivity contribution in [2.75, 3.05) is 7.11 Å². The van der Waals surface area contributed by atoms with Gasteiger partial charge in [-0.25, -0.2) is 9.78 Å². The van der Waals surface area contributed by atoms with Gasteiger partial charge in [0, 0.05) is 13.7 Å². The molecule has 0 aliphatic carbocycles. The molecule has 0 aliphatic rings. The van der Waals surface area contributed by atoms with E-state index in [1.807, 2.05) is 0 Å². The highest BCUT2D eigenvalue weighted by Gasteiger charge is 2.23. The average molecular weight is 532 g/mol. The zero-order chi connectivity index (χ0) is 27.2. The highest BCUT2D eigenvalue weighted by atomic mass is 35.5. The van der Waals surface area contributed by atoms with Gasteiger partial charge in [0.25, 0.3) is 5.91 Å². The van der Waals surface area contributed by atoms with E-state index in [9.17, 15) is 18.4 Å². The molecule has 8 nitrogen and oxygen atoms in total. The summed E-state index contributed by atoms with van der Waals surface area (Å²) >= 11 is 6.38. The predicted octanol–water partition coefficient (Wildman–Crippen LogP) is 4.59. The summed E-state index contributed by atoms with van der Waals surface area (Å²) in [6.45, 7) is 0.623. The lowest BCUT2D eigenvalue weighted by Crippen LogP contribution is -2.27. The molecule has 0 saturated heterocycles. The number of methoxy groups -OCH3 is 1. The first kappa shape index (κ1) is 27.6. The van der Waals surface area contributed by atoms with Gasteiger partial charge in [0.1, 0.15) is 22.7 Å². The second-order valence-electron chi connectivity index (χ2n) is 8.34. The van der Waals surface area contributed by atoms with Crippen LogP contribution in [0.25, 0.3) is 0 Å². The largest absolute Gasteiger partial charge is 0.478 e. The third-order valence-corrected chi connectivity index (χ3v) is 5.54. The maximum Gasteiger partial charge on any atom is 0.387 e. The fourth-order valence-corrected chi connectivity index (χ4v) is 3.41. The zero-order valence-electron chi connectivity index (χ0n) is 20.2. The molecular weight excluding hydrogens is 508 g/mol. The minimum Gasteiger partial charge on any atom is -0.478 e. The number of imidazole rings is 1. The molecule has 1 aromatic heterocycles. The summed E-state index contributed by atoms with van der Waals surface area (Å²) in [7, 11) is 1.50. The van der Waals surface area contributed by atoms with E-state index < -0.39 is 24.1 Å². The first-order chi connectivity index (χ1) is 17.5. The van der Waals surface area contributed by atoms with E-state index in [0.717, 1.165) is 0 Å². The van der Waals surface area contributed by atoms with Gasteiger partial charge in [-0.2, -0.15) is 8.78 Å². The van der Waals surface area contributed by atoms with Crippen molar-refractivity contribution in [3.63, 3.8) is 0 Å². The first-order valence-corrected chi connectivity index (χ1v) is 11.4. The van der Waals surface area contributed by atoms with E-state index in [1.165, 1.54) is 35.9 Å². The van der Waals surface area contributed by atoms with Crippen molar-refractivity contribution in [2.24, 2.45) is 0 Å². The molecule has 0 bridgehead atoms. The lowest BCUT2D eigenvalue weighted by molar-refractivity contribution is -0.0498. The number of amides is 1. The quantitative estimate of drug-likeness (QED) is 0.392. The smallest absolute Gasteiger partial charge is 0.387 e. The molecule has 11 heteroatoms. The molecule has 194 valence electrons. The fraction of sp³-hybridized carbons (Fsp3) is 0.269. The van der Waals surface area contributed by atoms with Crippen molar-refractivity contribution in [3.8, 4) is 17.6 Å². The molecule has 2 N–H and O–H groups in total. The summed E-state index contributed by atoms with van der Waals surface area (Å²) in [5.74, 6) is 4.11. The maximum atomic E-state index is 13.3. The normalized spacial score (nSPS) is 11.1. The van der Waals surface area contributed by atoms with Crippen LogP contribution in [0.15, 0.2) is 48.5 Å². The Labute approximate surface area is 217 Å². The van der Waals surface area contributed by atoms with Crippen molar-refractivity contribution < 1.29 is 33.0 Å². The number of halogens is 3. The van der Waals surface area contributed by atoms with Crippen LogP contribution in [0, 0.1) is 11.8 Å². The average Bonchev–Trinajstić information content (AvgIpc) is 3.16. The van der Waals surface area contributed by atoms with Crippen LogP contribution in [0.5, 0.6) is 5.75 Å². The molecule has 0 unspecified atom stereocenters. The van der Waals surface area contributed by atoms with Gasteiger partial charge in [-0.05, 0) is 66.8 Å². The number of nitrogens with zero attached hydrogens (tertiary/aromatic N) is 2. The Hall–Kier alpha value is -3.94. The molecule has 0 radical (unpaired) electrons. The molecule has 2 aromatic carbocycles. The van der Waals surface area contributed by atoms with Crippen LogP contribution in [-0.2, 0) is 17.8 Å². The number of carboxylic acid groups (broad SMARTS) is 1. The standard InChI is InChI=1S/C26H24ClF2N3O5/c1-26(2,36-3)12-11-20-21(22(33)30-14-16-7-9-18(10-8-16)23(34)35)32(24(27)31-20)15-17-5-4-6-19(13-17)37-25(28)29/h4-10,13,25H,14-15H2,1-3H3,(H,30,33)(H,34,35). The summed E-state index contributed by atoms with van der Waals surface area (Å²) in [6, 6.07) is 12.0. The van der Waals surface area contributed by atoms with Crippen molar-refractivity contribution in [3.05, 3.63) is 81.9 Å². The second kappa shape index (κ2) is 11.9. The van der Waals surface area contributed by atoms with Crippen LogP contribution in [0.1, 0.15) is 51.5 Å². The molecule has 3 rings (SSSR count). The number of carbonyl (C=O) groups excluding carboxylic acids is 1. The number of carboxylic acids is 1. The minimum atomic E-state index is -2.98. The SMILES string of the molecule is COC(C)(C)C#Cc1nc(Cl)n(Cc2cccc(OC(F)F)c2)c1C(=O)NCc1ccc(C(=O)O)cc1. The molecule has 0 aliphatic heterocycles.